The molecule has 2 aliphatic heterocycles. The number of carbonyl (C=O) groups excluding carboxylic acids is 2. The zero-order valence-electron chi connectivity index (χ0n) is 14.0. The van der Waals surface area contributed by atoms with E-state index in [2.05, 4.69) is 16.2 Å². The number of carbonyl (C=O) groups is 2. The van der Waals surface area contributed by atoms with Gasteiger partial charge in [-0.2, -0.15) is 0 Å². The van der Waals surface area contributed by atoms with Gasteiger partial charge in [0.15, 0.2) is 0 Å². The van der Waals surface area contributed by atoms with Crippen molar-refractivity contribution in [2.24, 2.45) is 11.8 Å². The quantitative estimate of drug-likeness (QED) is 0.774. The van der Waals surface area contributed by atoms with Gasteiger partial charge >= 0.3 is 0 Å². The SMILES string of the molecule is O=C(Nc1ccccc1)C1CC(=O)N(C2NNC3CCCC(F)C32)C1. The molecule has 3 fully saturated rings. The molecule has 0 aromatic heterocycles. The molecule has 1 saturated carbocycles. The Balaban J connectivity index is 1.43. The van der Waals surface area contributed by atoms with Crippen LogP contribution in [0.15, 0.2) is 30.3 Å². The standard InChI is InChI=1S/C18H23FN4O2/c19-13-7-4-8-14-16(13)17(22-21-14)23-10-11(9-15(23)24)18(25)20-12-5-2-1-3-6-12/h1-3,5-6,11,13-14,16-17,21-22H,4,7-10H2,(H,20,25). The maximum atomic E-state index is 14.4. The molecule has 2 amide bonds. The number of nitrogens with one attached hydrogen (secondary N) is 3. The number of nitrogens with zero attached hydrogens (tertiary/aromatic N) is 1. The summed E-state index contributed by atoms with van der Waals surface area (Å²) >= 11 is 0. The fraction of sp³-hybridized carbons (Fsp3) is 0.556. The Labute approximate surface area is 146 Å². The van der Waals surface area contributed by atoms with Crippen molar-refractivity contribution in [2.75, 3.05) is 11.9 Å². The summed E-state index contributed by atoms with van der Waals surface area (Å²) in [6.07, 6.45) is 1.19. The van der Waals surface area contributed by atoms with Gasteiger partial charge in [0, 0.05) is 30.6 Å². The van der Waals surface area contributed by atoms with Crippen LogP contribution in [0, 0.1) is 11.8 Å². The van der Waals surface area contributed by atoms with E-state index in [1.807, 2.05) is 30.3 Å². The van der Waals surface area contributed by atoms with Gasteiger partial charge in [-0.15, -0.1) is 0 Å². The first-order valence-corrected chi connectivity index (χ1v) is 8.94. The van der Waals surface area contributed by atoms with E-state index in [-0.39, 0.29) is 36.4 Å². The van der Waals surface area contributed by atoms with Crippen molar-refractivity contribution in [1.82, 2.24) is 15.8 Å². The van der Waals surface area contributed by atoms with Gasteiger partial charge in [-0.05, 0) is 31.4 Å². The maximum Gasteiger partial charge on any atom is 0.229 e. The number of para-hydroxylation sites is 1. The number of fused-ring (bicyclic) bond motifs is 1. The van der Waals surface area contributed by atoms with E-state index < -0.39 is 12.1 Å². The van der Waals surface area contributed by atoms with Crippen molar-refractivity contribution in [3.63, 3.8) is 0 Å². The van der Waals surface area contributed by atoms with Crippen LogP contribution in [0.4, 0.5) is 10.1 Å². The highest BCUT2D eigenvalue weighted by atomic mass is 19.1. The zero-order valence-corrected chi connectivity index (χ0v) is 14.0. The third-order valence-electron chi connectivity index (χ3n) is 5.56. The van der Waals surface area contributed by atoms with Crippen LogP contribution in [0.1, 0.15) is 25.7 Å². The highest BCUT2D eigenvalue weighted by Gasteiger charge is 2.49. The second-order valence-electron chi connectivity index (χ2n) is 7.17. The zero-order chi connectivity index (χ0) is 17.4. The first kappa shape index (κ1) is 16.5. The normalized spacial score (nSPS) is 34.8. The molecular formula is C18H23FN4O2. The molecule has 1 aromatic rings. The lowest BCUT2D eigenvalue weighted by Gasteiger charge is -2.34. The summed E-state index contributed by atoms with van der Waals surface area (Å²) in [6, 6.07) is 9.26. The van der Waals surface area contributed by atoms with Gasteiger partial charge in [0.05, 0.1) is 5.92 Å². The number of hydrazine groups is 1. The van der Waals surface area contributed by atoms with Crippen LogP contribution < -0.4 is 16.2 Å². The average Bonchev–Trinajstić information content (AvgIpc) is 3.20. The van der Waals surface area contributed by atoms with Gasteiger partial charge < -0.3 is 10.2 Å². The molecule has 134 valence electrons. The molecule has 5 unspecified atom stereocenters. The van der Waals surface area contributed by atoms with Crippen molar-refractivity contribution in [2.45, 2.75) is 44.1 Å². The molecule has 0 spiro atoms. The number of halogens is 1. The van der Waals surface area contributed by atoms with Crippen molar-refractivity contribution in [1.29, 1.82) is 0 Å². The summed E-state index contributed by atoms with van der Waals surface area (Å²) in [5.74, 6) is -0.903. The lowest BCUT2D eigenvalue weighted by atomic mass is 9.82. The number of anilines is 1. The van der Waals surface area contributed by atoms with Crippen LogP contribution in [0.2, 0.25) is 0 Å². The highest BCUT2D eigenvalue weighted by Crippen LogP contribution is 2.36. The first-order valence-electron chi connectivity index (χ1n) is 8.94. The van der Waals surface area contributed by atoms with Crippen molar-refractivity contribution in [3.8, 4) is 0 Å². The minimum Gasteiger partial charge on any atom is -0.326 e. The van der Waals surface area contributed by atoms with E-state index in [9.17, 15) is 14.0 Å². The lowest BCUT2D eigenvalue weighted by Crippen LogP contribution is -2.50. The van der Waals surface area contributed by atoms with Gasteiger partial charge in [0.25, 0.3) is 0 Å². The maximum absolute atomic E-state index is 14.4. The first-order chi connectivity index (χ1) is 12.1. The largest absolute Gasteiger partial charge is 0.326 e. The number of amides is 2. The molecule has 5 atom stereocenters. The summed E-state index contributed by atoms with van der Waals surface area (Å²) in [6.45, 7) is 0.326. The molecule has 25 heavy (non-hydrogen) atoms. The van der Waals surface area contributed by atoms with Gasteiger partial charge in [0.2, 0.25) is 11.8 Å². The van der Waals surface area contributed by atoms with Crippen LogP contribution in [0.3, 0.4) is 0 Å². The minimum atomic E-state index is -0.920. The summed E-state index contributed by atoms with van der Waals surface area (Å²) in [7, 11) is 0. The molecule has 0 radical (unpaired) electrons. The number of alkyl halides is 1. The Hall–Kier alpha value is -1.99. The van der Waals surface area contributed by atoms with Crippen LogP contribution in [0.25, 0.3) is 0 Å². The summed E-state index contributed by atoms with van der Waals surface area (Å²) < 4.78 is 14.4. The molecule has 2 saturated heterocycles. The fourth-order valence-corrected chi connectivity index (χ4v) is 4.27. The Bertz CT molecular complexity index is 656. The molecule has 1 aliphatic carbocycles. The van der Waals surface area contributed by atoms with Crippen molar-refractivity contribution in [3.05, 3.63) is 30.3 Å². The smallest absolute Gasteiger partial charge is 0.229 e. The van der Waals surface area contributed by atoms with Crippen LogP contribution in [-0.4, -0.2) is 41.6 Å². The van der Waals surface area contributed by atoms with E-state index in [0.29, 0.717) is 13.0 Å². The fourth-order valence-electron chi connectivity index (χ4n) is 4.27. The summed E-state index contributed by atoms with van der Waals surface area (Å²) in [5, 5.41) is 2.85. The number of hydrogen-bond acceptors (Lipinski definition) is 4. The van der Waals surface area contributed by atoms with Gasteiger partial charge in [-0.1, -0.05) is 18.2 Å². The Morgan fingerprint density at radius 1 is 1.20 bits per heavy atom. The topological polar surface area (TPSA) is 73.5 Å². The Morgan fingerprint density at radius 3 is 2.80 bits per heavy atom. The third-order valence-corrected chi connectivity index (χ3v) is 5.56. The minimum absolute atomic E-state index is 0.0544. The molecule has 3 N–H and O–H groups in total. The molecule has 6 nitrogen and oxygen atoms in total. The molecule has 3 aliphatic rings. The molecule has 7 heteroatoms. The lowest BCUT2D eigenvalue weighted by molar-refractivity contribution is -0.131. The molecule has 2 heterocycles. The van der Waals surface area contributed by atoms with Crippen LogP contribution in [-0.2, 0) is 9.59 Å². The van der Waals surface area contributed by atoms with Crippen LogP contribution >= 0.6 is 0 Å². The second-order valence-corrected chi connectivity index (χ2v) is 7.17. The monoisotopic (exact) mass is 346 g/mol. The van der Waals surface area contributed by atoms with E-state index in [0.717, 1.165) is 18.5 Å². The average molecular weight is 346 g/mol. The number of rotatable bonds is 3. The number of hydrogen-bond donors (Lipinski definition) is 3. The van der Waals surface area contributed by atoms with Gasteiger partial charge in [-0.3, -0.25) is 15.0 Å². The predicted molar refractivity (Wildman–Crippen MR) is 91.0 cm³/mol. The Kier molecular flexibility index (Phi) is 4.43. The van der Waals surface area contributed by atoms with E-state index >= 15 is 0 Å². The summed E-state index contributed by atoms with van der Waals surface area (Å²) in [5.41, 5.74) is 6.95. The highest BCUT2D eigenvalue weighted by molar-refractivity contribution is 5.97. The Morgan fingerprint density at radius 2 is 2.00 bits per heavy atom. The van der Waals surface area contributed by atoms with Gasteiger partial charge in [0.1, 0.15) is 12.3 Å². The van der Waals surface area contributed by atoms with Crippen molar-refractivity contribution >= 4 is 17.5 Å². The second kappa shape index (κ2) is 6.72. The predicted octanol–water partition coefficient (Wildman–Crippen LogP) is 1.41. The molecule has 0 bridgehead atoms. The molecule has 1 aromatic carbocycles. The van der Waals surface area contributed by atoms with E-state index in [4.69, 9.17) is 0 Å². The van der Waals surface area contributed by atoms with Crippen LogP contribution in [0.5, 0.6) is 0 Å². The van der Waals surface area contributed by atoms with E-state index in [1.54, 1.807) is 4.90 Å². The third kappa shape index (κ3) is 3.14. The number of likely N-dealkylation sites (tertiary alicyclic amines) is 1. The van der Waals surface area contributed by atoms with E-state index in [1.165, 1.54) is 0 Å². The number of benzene rings is 1. The summed E-state index contributed by atoms with van der Waals surface area (Å²) in [4.78, 5) is 26.6. The molecular weight excluding hydrogens is 323 g/mol. The van der Waals surface area contributed by atoms with Gasteiger partial charge in [-0.25, -0.2) is 9.82 Å². The van der Waals surface area contributed by atoms with Crippen molar-refractivity contribution < 1.29 is 14.0 Å². The molecule has 4 rings (SSSR count).